The number of ether oxygens (including phenoxy) is 2. The highest BCUT2D eigenvalue weighted by Crippen LogP contribution is 2.29. The lowest BCUT2D eigenvalue weighted by atomic mass is 10.1. The molecule has 19 nitrogen and oxygen atoms in total. The molecule has 0 bridgehead atoms. The highest BCUT2D eigenvalue weighted by atomic mass is 19.4. The summed E-state index contributed by atoms with van der Waals surface area (Å²) in [5.74, 6) is -3.73. The van der Waals surface area contributed by atoms with Gasteiger partial charge in [0.05, 0.1) is 47.8 Å². The number of imidazole rings is 2. The summed E-state index contributed by atoms with van der Waals surface area (Å²) in [5.41, 5.74) is 14.4. The van der Waals surface area contributed by atoms with Gasteiger partial charge in [-0.2, -0.15) is 33.4 Å². The number of amides is 3. The lowest BCUT2D eigenvalue weighted by molar-refractivity contribution is -0.192. The molecule has 4 aromatic heterocycles. The summed E-state index contributed by atoms with van der Waals surface area (Å²) in [6, 6.07) is 14.8. The number of halogens is 3. The number of carboxylic acid groups (broad SMARTS) is 1. The highest BCUT2D eigenvalue weighted by Gasteiger charge is 2.38. The lowest BCUT2D eigenvalue weighted by Gasteiger charge is -2.26. The first kappa shape index (κ1) is 50.3. The van der Waals surface area contributed by atoms with Crippen molar-refractivity contribution in [1.29, 1.82) is 0 Å². The number of carbonyl (C=O) groups excluding carboxylic acids is 3. The number of hydrogen-bond acceptors (Lipinski definition) is 9. The maximum absolute atomic E-state index is 14.0. The Morgan fingerprint density at radius 1 is 0.794 bits per heavy atom. The van der Waals surface area contributed by atoms with Crippen molar-refractivity contribution in [3.05, 3.63) is 99.3 Å². The van der Waals surface area contributed by atoms with E-state index in [9.17, 15) is 27.6 Å². The zero-order valence-corrected chi connectivity index (χ0v) is 39.4. The van der Waals surface area contributed by atoms with Gasteiger partial charge in [-0.25, -0.2) is 4.79 Å². The smallest absolute Gasteiger partial charge is 0.490 e. The van der Waals surface area contributed by atoms with Gasteiger partial charge < -0.3 is 38.6 Å². The maximum atomic E-state index is 14.0. The number of aryl methyl sites for hydroxylation is 6. The number of morpholine rings is 1. The number of aliphatic carboxylic acids is 1. The first-order chi connectivity index (χ1) is 32.2. The van der Waals surface area contributed by atoms with Gasteiger partial charge in [-0.3, -0.25) is 28.6 Å². The van der Waals surface area contributed by atoms with E-state index in [2.05, 4.69) is 22.0 Å². The van der Waals surface area contributed by atoms with Crippen molar-refractivity contribution in [2.45, 2.75) is 80.3 Å². The second-order valence-electron chi connectivity index (χ2n) is 16.4. The van der Waals surface area contributed by atoms with Gasteiger partial charge in [-0.05, 0) is 84.4 Å². The van der Waals surface area contributed by atoms with E-state index in [0.29, 0.717) is 91.1 Å². The number of primary amides is 1. The molecule has 5 heterocycles. The second-order valence-corrected chi connectivity index (χ2v) is 16.4. The van der Waals surface area contributed by atoms with Crippen LogP contribution in [0.25, 0.3) is 22.1 Å². The van der Waals surface area contributed by atoms with Crippen molar-refractivity contribution in [3.63, 3.8) is 0 Å². The van der Waals surface area contributed by atoms with E-state index in [1.165, 1.54) is 0 Å². The van der Waals surface area contributed by atoms with Crippen LogP contribution < -0.4 is 21.7 Å². The number of fused-ring (bicyclic) bond motifs is 2. The Morgan fingerprint density at radius 2 is 1.29 bits per heavy atom. The number of benzene rings is 2. The molecule has 1 aliphatic rings. The summed E-state index contributed by atoms with van der Waals surface area (Å²) in [6.07, 6.45) is -4.33. The Hall–Kier alpha value is -7.07. The number of rotatable bonds is 14. The number of carboxylic acids is 1. The van der Waals surface area contributed by atoms with Gasteiger partial charge in [0.15, 0.2) is 0 Å². The van der Waals surface area contributed by atoms with Crippen LogP contribution in [0, 0.1) is 13.8 Å². The largest absolute Gasteiger partial charge is 0.491 e. The number of allylic oxidation sites excluding steroid dienone is 2. The molecule has 0 radical (unpaired) electrons. The van der Waals surface area contributed by atoms with Crippen molar-refractivity contribution in [3.8, 4) is 5.75 Å². The molecule has 6 aromatic rings. The Bertz CT molecular complexity index is 3050. The van der Waals surface area contributed by atoms with Gasteiger partial charge >= 0.3 is 12.1 Å². The van der Waals surface area contributed by atoms with Gasteiger partial charge in [0.2, 0.25) is 17.1 Å². The SMILES string of the molecule is CCn1nc(C)cc1C(=O)/N=c1\n(C)c2ccccc2n1C/C(C)=C(\C)Cn1/c(=N/C(=O)c2cc(C)nn2CC)n(C)c2cc(C(N)=O)cc(OCCCN3CCOCC3)c21.O=C(O)C(F)(F)F. The Balaban J connectivity index is 0.00000101. The normalized spacial score (nSPS) is 14.3. The number of nitrogens with zero attached hydrogens (tertiary/aromatic N) is 11. The van der Waals surface area contributed by atoms with Crippen LogP contribution in [-0.4, -0.2) is 117 Å². The van der Waals surface area contributed by atoms with Crippen LogP contribution in [0.3, 0.4) is 0 Å². The average Bonchev–Trinajstić information content (AvgIpc) is 4.03. The first-order valence-electron chi connectivity index (χ1n) is 22.1. The number of carbonyl (C=O) groups is 4. The number of nitrogens with two attached hydrogens (primary N) is 1. The van der Waals surface area contributed by atoms with E-state index < -0.39 is 24.0 Å². The van der Waals surface area contributed by atoms with E-state index in [1.807, 2.05) is 86.7 Å². The zero-order chi connectivity index (χ0) is 49.6. The van der Waals surface area contributed by atoms with Crippen LogP contribution in [-0.2, 0) is 49.8 Å². The fraction of sp³-hybridized carbons (Fsp3) is 0.435. The topological polar surface area (TPSA) is 216 Å². The van der Waals surface area contributed by atoms with E-state index in [4.69, 9.17) is 35.1 Å². The monoisotopic (exact) mass is 946 g/mol. The standard InChI is InChI=1S/C44H56N12O5.C2HF3O2/c1-9-55-36(22-30(5)48-55)41(58)46-43-50(7)33-14-11-12-15-34(33)53(43)26-28(3)29(4)27-54-39-35(51(8)44(54)47-42(59)37-23-31(6)49-56(37)10-2)24-32(40(45)57)25-38(39)61-19-13-16-52-17-20-60-21-18-52;3-2(4,5)1(6)7/h11-12,14-15,22-25H,9-10,13,16-21,26-27H2,1-8H3,(H2,45,57);(H,6,7)/b29-28+,46-43+,47-44+;. The van der Waals surface area contributed by atoms with E-state index in [1.54, 1.807) is 38.2 Å². The molecule has 3 N–H and O–H groups in total. The molecule has 22 heteroatoms. The average molecular weight is 947 g/mol. The molecule has 1 fully saturated rings. The summed E-state index contributed by atoms with van der Waals surface area (Å²) >= 11 is 0. The van der Waals surface area contributed by atoms with Crippen molar-refractivity contribution in [2.75, 3.05) is 39.5 Å². The minimum absolute atomic E-state index is 0.278. The maximum Gasteiger partial charge on any atom is 0.490 e. The van der Waals surface area contributed by atoms with Crippen molar-refractivity contribution in [1.82, 2.24) is 42.7 Å². The number of para-hydroxylation sites is 2. The van der Waals surface area contributed by atoms with Crippen LogP contribution >= 0.6 is 0 Å². The highest BCUT2D eigenvalue weighted by molar-refractivity contribution is 5.99. The first-order valence-corrected chi connectivity index (χ1v) is 22.1. The molecule has 0 atom stereocenters. The number of aromatic nitrogens is 8. The minimum Gasteiger partial charge on any atom is -0.491 e. The lowest BCUT2D eigenvalue weighted by Crippen LogP contribution is -2.37. The summed E-state index contributed by atoms with van der Waals surface area (Å²) in [6.45, 7) is 17.8. The summed E-state index contributed by atoms with van der Waals surface area (Å²) in [5, 5.41) is 16.1. The number of alkyl halides is 3. The Morgan fingerprint density at radius 3 is 1.81 bits per heavy atom. The molecular weight excluding hydrogens is 890 g/mol. The van der Waals surface area contributed by atoms with E-state index in [-0.39, 0.29) is 11.5 Å². The molecule has 1 aliphatic heterocycles. The molecule has 3 amide bonds. The van der Waals surface area contributed by atoms with Gasteiger partial charge in [-0.15, -0.1) is 0 Å². The molecule has 7 rings (SSSR count). The van der Waals surface area contributed by atoms with Crippen LogP contribution in [0.15, 0.2) is 69.7 Å². The van der Waals surface area contributed by atoms with Crippen LogP contribution in [0.1, 0.15) is 76.8 Å². The molecule has 1 saturated heterocycles. The molecule has 0 saturated carbocycles. The van der Waals surface area contributed by atoms with Gasteiger partial charge in [0.1, 0.15) is 22.7 Å². The predicted molar refractivity (Wildman–Crippen MR) is 245 cm³/mol. The number of hydrogen-bond donors (Lipinski definition) is 2. The molecular formula is C46H57F3N12O7. The van der Waals surface area contributed by atoms with E-state index in [0.717, 1.165) is 53.9 Å². The van der Waals surface area contributed by atoms with Crippen molar-refractivity contribution >= 4 is 45.8 Å². The molecule has 0 unspecified atom stereocenters. The third kappa shape index (κ3) is 11.2. The predicted octanol–water partition coefficient (Wildman–Crippen LogP) is 4.67. The van der Waals surface area contributed by atoms with Gasteiger partial charge in [0, 0.05) is 65.5 Å². The fourth-order valence-corrected chi connectivity index (χ4v) is 7.96. The Labute approximate surface area is 389 Å². The van der Waals surface area contributed by atoms with Gasteiger partial charge in [-0.1, -0.05) is 23.3 Å². The molecule has 0 aliphatic carbocycles. The summed E-state index contributed by atoms with van der Waals surface area (Å²) < 4.78 is 54.8. The Kier molecular flexibility index (Phi) is 15.7. The third-order valence-electron chi connectivity index (χ3n) is 11.6. The molecule has 0 spiro atoms. The van der Waals surface area contributed by atoms with Crippen LogP contribution in [0.4, 0.5) is 13.2 Å². The van der Waals surface area contributed by atoms with Crippen molar-refractivity contribution < 1.29 is 46.9 Å². The van der Waals surface area contributed by atoms with Gasteiger partial charge in [0.25, 0.3) is 11.8 Å². The van der Waals surface area contributed by atoms with Crippen LogP contribution in [0.2, 0.25) is 0 Å². The third-order valence-corrected chi connectivity index (χ3v) is 11.6. The van der Waals surface area contributed by atoms with Crippen LogP contribution in [0.5, 0.6) is 5.75 Å². The summed E-state index contributed by atoms with van der Waals surface area (Å²) in [7, 11) is 3.72. The molecule has 2 aromatic carbocycles. The minimum atomic E-state index is -5.08. The van der Waals surface area contributed by atoms with Crippen molar-refractivity contribution in [2.24, 2.45) is 29.8 Å². The zero-order valence-electron chi connectivity index (χ0n) is 39.4. The fourth-order valence-electron chi connectivity index (χ4n) is 7.96. The molecule has 364 valence electrons. The molecule has 68 heavy (non-hydrogen) atoms. The summed E-state index contributed by atoms with van der Waals surface area (Å²) in [4.78, 5) is 61.2. The van der Waals surface area contributed by atoms with E-state index >= 15 is 0 Å². The second kappa shape index (κ2) is 21.3. The quantitative estimate of drug-likeness (QED) is 0.114.